The van der Waals surface area contributed by atoms with Crippen molar-refractivity contribution in [1.82, 2.24) is 0 Å². The standard InChI is InChI=1S/C27H24F4O4/c1-34-22-13-12-21(25(30)26(22)31)27(33)35-18-8-6-17(7-9-18)20-11-10-19(23(28)24(20)29)16-4-2-15(14-32)3-5-16/h2-5,10-13,17-18,32H,6-9,14H2,1H3. The molecule has 0 amide bonds. The molecule has 0 atom stereocenters. The van der Waals surface area contributed by atoms with Crippen molar-refractivity contribution in [2.24, 2.45) is 0 Å². The fourth-order valence-corrected chi connectivity index (χ4v) is 4.45. The van der Waals surface area contributed by atoms with E-state index in [1.165, 1.54) is 13.2 Å². The van der Waals surface area contributed by atoms with Crippen molar-refractivity contribution in [2.45, 2.75) is 44.3 Å². The molecular formula is C27H24F4O4. The summed E-state index contributed by atoms with van der Waals surface area (Å²) in [4.78, 5) is 12.4. The Labute approximate surface area is 200 Å². The van der Waals surface area contributed by atoms with E-state index >= 15 is 0 Å². The average Bonchev–Trinajstić information content (AvgIpc) is 2.88. The lowest BCUT2D eigenvalue weighted by Gasteiger charge is -2.29. The second kappa shape index (κ2) is 10.5. The van der Waals surface area contributed by atoms with Gasteiger partial charge in [0.2, 0.25) is 5.82 Å². The van der Waals surface area contributed by atoms with E-state index in [0.29, 0.717) is 36.8 Å². The molecule has 4 nitrogen and oxygen atoms in total. The summed E-state index contributed by atoms with van der Waals surface area (Å²) in [7, 11) is 1.19. The van der Waals surface area contributed by atoms with E-state index in [4.69, 9.17) is 14.6 Å². The second-order valence-electron chi connectivity index (χ2n) is 8.51. The highest BCUT2D eigenvalue weighted by molar-refractivity contribution is 5.90. The van der Waals surface area contributed by atoms with Gasteiger partial charge in [0.25, 0.3) is 0 Å². The molecule has 0 unspecified atom stereocenters. The van der Waals surface area contributed by atoms with Gasteiger partial charge in [0, 0.05) is 5.56 Å². The molecule has 0 radical (unpaired) electrons. The maximum Gasteiger partial charge on any atom is 0.341 e. The van der Waals surface area contributed by atoms with Crippen LogP contribution in [0.15, 0.2) is 48.5 Å². The monoisotopic (exact) mass is 488 g/mol. The van der Waals surface area contributed by atoms with Crippen LogP contribution in [0.3, 0.4) is 0 Å². The lowest BCUT2D eigenvalue weighted by molar-refractivity contribution is 0.0188. The quantitative estimate of drug-likeness (QED) is 0.327. The van der Waals surface area contributed by atoms with Crippen LogP contribution in [-0.2, 0) is 11.3 Å². The van der Waals surface area contributed by atoms with E-state index in [1.807, 2.05) is 0 Å². The SMILES string of the molecule is COc1ccc(C(=O)OC2CCC(c3ccc(-c4ccc(CO)cc4)c(F)c3F)CC2)c(F)c1F. The third-order valence-corrected chi connectivity index (χ3v) is 6.43. The minimum absolute atomic E-state index is 0.132. The van der Waals surface area contributed by atoms with Crippen LogP contribution >= 0.6 is 0 Å². The first-order valence-electron chi connectivity index (χ1n) is 11.2. The molecule has 8 heteroatoms. The Balaban J connectivity index is 1.42. The number of ether oxygens (including phenoxy) is 2. The summed E-state index contributed by atoms with van der Waals surface area (Å²) in [5, 5.41) is 9.15. The average molecular weight is 488 g/mol. The number of aliphatic hydroxyl groups is 1. The molecule has 0 aromatic heterocycles. The molecule has 3 aromatic carbocycles. The lowest BCUT2D eigenvalue weighted by Crippen LogP contribution is -2.25. The van der Waals surface area contributed by atoms with Crippen molar-refractivity contribution >= 4 is 5.97 Å². The smallest absolute Gasteiger partial charge is 0.341 e. The molecule has 1 fully saturated rings. The largest absolute Gasteiger partial charge is 0.494 e. The first kappa shape index (κ1) is 24.7. The fraction of sp³-hybridized carbons (Fsp3) is 0.296. The zero-order valence-electron chi connectivity index (χ0n) is 19.0. The van der Waals surface area contributed by atoms with Gasteiger partial charge in [-0.15, -0.1) is 0 Å². The van der Waals surface area contributed by atoms with Crippen molar-refractivity contribution < 1.29 is 36.9 Å². The molecule has 3 aromatic rings. The maximum atomic E-state index is 15.0. The number of carbonyl (C=O) groups excluding carboxylic acids is 1. The molecule has 0 bridgehead atoms. The zero-order valence-corrected chi connectivity index (χ0v) is 19.0. The van der Waals surface area contributed by atoms with E-state index in [9.17, 15) is 22.4 Å². The molecule has 0 saturated heterocycles. The van der Waals surface area contributed by atoms with Gasteiger partial charge in [-0.25, -0.2) is 18.0 Å². The summed E-state index contributed by atoms with van der Waals surface area (Å²) in [6.07, 6.45) is 1.10. The summed E-state index contributed by atoms with van der Waals surface area (Å²) in [6, 6.07) is 11.9. The van der Waals surface area contributed by atoms with Crippen LogP contribution in [0.4, 0.5) is 17.6 Å². The van der Waals surface area contributed by atoms with Gasteiger partial charge in [0.1, 0.15) is 6.10 Å². The number of esters is 1. The number of rotatable bonds is 6. The van der Waals surface area contributed by atoms with Gasteiger partial charge in [0.05, 0.1) is 19.3 Å². The predicted molar refractivity (Wildman–Crippen MR) is 121 cm³/mol. The Morgan fingerprint density at radius 1 is 0.857 bits per heavy atom. The molecule has 184 valence electrons. The van der Waals surface area contributed by atoms with Gasteiger partial charge in [-0.2, -0.15) is 4.39 Å². The first-order valence-corrected chi connectivity index (χ1v) is 11.2. The molecule has 1 saturated carbocycles. The Morgan fingerprint density at radius 3 is 2.17 bits per heavy atom. The number of hydrogen-bond donors (Lipinski definition) is 1. The fourth-order valence-electron chi connectivity index (χ4n) is 4.45. The van der Waals surface area contributed by atoms with Gasteiger partial charge >= 0.3 is 5.97 Å². The molecule has 0 aliphatic heterocycles. The van der Waals surface area contributed by atoms with Crippen LogP contribution in [0.2, 0.25) is 0 Å². The van der Waals surface area contributed by atoms with Crippen LogP contribution in [-0.4, -0.2) is 24.3 Å². The van der Waals surface area contributed by atoms with Gasteiger partial charge in [-0.3, -0.25) is 0 Å². The van der Waals surface area contributed by atoms with Crippen molar-refractivity contribution in [3.05, 3.63) is 88.5 Å². The molecule has 0 spiro atoms. The van der Waals surface area contributed by atoms with Crippen LogP contribution in [0.25, 0.3) is 11.1 Å². The minimum atomic E-state index is -1.34. The predicted octanol–water partition coefficient (Wildman–Crippen LogP) is 6.29. The highest BCUT2D eigenvalue weighted by Gasteiger charge is 2.30. The molecule has 1 aliphatic carbocycles. The first-order chi connectivity index (χ1) is 16.8. The molecular weight excluding hydrogens is 464 g/mol. The van der Waals surface area contributed by atoms with Gasteiger partial charge < -0.3 is 14.6 Å². The van der Waals surface area contributed by atoms with Crippen LogP contribution < -0.4 is 4.74 Å². The number of aliphatic hydroxyl groups excluding tert-OH is 1. The number of carbonyl (C=O) groups is 1. The van der Waals surface area contributed by atoms with Crippen LogP contribution in [0.1, 0.15) is 53.1 Å². The Morgan fingerprint density at radius 2 is 1.54 bits per heavy atom. The maximum absolute atomic E-state index is 15.0. The van der Waals surface area contributed by atoms with Crippen molar-refractivity contribution in [3.63, 3.8) is 0 Å². The van der Waals surface area contributed by atoms with Gasteiger partial charge in [-0.05, 0) is 60.4 Å². The second-order valence-corrected chi connectivity index (χ2v) is 8.51. The van der Waals surface area contributed by atoms with Crippen LogP contribution in [0, 0.1) is 23.3 Å². The minimum Gasteiger partial charge on any atom is -0.494 e. The molecule has 1 aliphatic rings. The molecule has 35 heavy (non-hydrogen) atoms. The Kier molecular flexibility index (Phi) is 7.40. The molecule has 0 heterocycles. The third kappa shape index (κ3) is 5.03. The zero-order chi connectivity index (χ0) is 25.1. The van der Waals surface area contributed by atoms with Gasteiger partial charge in [-0.1, -0.05) is 36.4 Å². The van der Waals surface area contributed by atoms with E-state index < -0.39 is 40.9 Å². The Bertz CT molecular complexity index is 1220. The normalized spacial score (nSPS) is 17.8. The van der Waals surface area contributed by atoms with E-state index in [1.54, 1.807) is 30.3 Å². The van der Waals surface area contributed by atoms with E-state index in [-0.39, 0.29) is 29.4 Å². The Hall–Kier alpha value is -3.39. The van der Waals surface area contributed by atoms with Crippen molar-refractivity contribution in [3.8, 4) is 16.9 Å². The number of hydrogen-bond acceptors (Lipinski definition) is 4. The topological polar surface area (TPSA) is 55.8 Å². The third-order valence-electron chi connectivity index (χ3n) is 6.43. The summed E-state index contributed by atoms with van der Waals surface area (Å²) in [5.41, 5.74) is 1.03. The number of methoxy groups -OCH3 is 1. The van der Waals surface area contributed by atoms with Crippen LogP contribution in [0.5, 0.6) is 5.75 Å². The molecule has 4 rings (SSSR count). The number of benzene rings is 3. The molecule has 1 N–H and O–H groups in total. The van der Waals surface area contributed by atoms with Crippen molar-refractivity contribution in [1.29, 1.82) is 0 Å². The lowest BCUT2D eigenvalue weighted by atomic mass is 9.82. The summed E-state index contributed by atoms with van der Waals surface area (Å²) in [6.45, 7) is -0.139. The summed E-state index contributed by atoms with van der Waals surface area (Å²) < 4.78 is 67.9. The highest BCUT2D eigenvalue weighted by Crippen LogP contribution is 2.38. The van der Waals surface area contributed by atoms with Crippen molar-refractivity contribution in [2.75, 3.05) is 7.11 Å². The summed E-state index contributed by atoms with van der Waals surface area (Å²) >= 11 is 0. The van der Waals surface area contributed by atoms with E-state index in [2.05, 4.69) is 0 Å². The summed E-state index contributed by atoms with van der Waals surface area (Å²) in [5.74, 6) is -6.03. The highest BCUT2D eigenvalue weighted by atomic mass is 19.2. The number of halogens is 4. The van der Waals surface area contributed by atoms with E-state index in [0.717, 1.165) is 12.1 Å². The van der Waals surface area contributed by atoms with Gasteiger partial charge in [0.15, 0.2) is 23.2 Å².